The van der Waals surface area contributed by atoms with E-state index in [0.29, 0.717) is 22.9 Å². The number of halogens is 2. The lowest BCUT2D eigenvalue weighted by atomic mass is 10.2. The maximum Gasteiger partial charge on any atom is 0.272 e. The monoisotopic (exact) mass is 490 g/mol. The highest BCUT2D eigenvalue weighted by atomic mass is 79.9. The van der Waals surface area contributed by atoms with E-state index < -0.39 is 0 Å². The number of hydrazone groups is 1. The van der Waals surface area contributed by atoms with E-state index in [9.17, 15) is 4.79 Å². The summed E-state index contributed by atoms with van der Waals surface area (Å²) >= 11 is 11.0. The van der Waals surface area contributed by atoms with Crippen LogP contribution < -0.4 is 10.2 Å². The van der Waals surface area contributed by atoms with Gasteiger partial charge >= 0.3 is 0 Å². The van der Waals surface area contributed by atoms with Crippen LogP contribution >= 0.6 is 38.9 Å². The van der Waals surface area contributed by atoms with Crippen LogP contribution in [0.5, 0.6) is 5.75 Å². The summed E-state index contributed by atoms with van der Waals surface area (Å²) in [7, 11) is 0. The molecule has 0 unspecified atom stereocenters. The van der Waals surface area contributed by atoms with Crippen LogP contribution in [0.25, 0.3) is 0 Å². The summed E-state index contributed by atoms with van der Waals surface area (Å²) in [5.41, 5.74) is 4.97. The van der Waals surface area contributed by atoms with Gasteiger partial charge in [0.15, 0.2) is 0 Å². The van der Waals surface area contributed by atoms with Crippen molar-refractivity contribution in [2.75, 3.05) is 0 Å². The highest BCUT2D eigenvalue weighted by Gasteiger charge is 2.08. The molecule has 1 heterocycles. The van der Waals surface area contributed by atoms with Crippen molar-refractivity contribution in [1.82, 2.24) is 5.43 Å². The molecule has 1 amide bonds. The second kappa shape index (κ2) is 10.6. The van der Waals surface area contributed by atoms with Crippen LogP contribution in [0.2, 0.25) is 5.02 Å². The fourth-order valence-electron chi connectivity index (χ4n) is 2.60. The Balaban J connectivity index is 1.65. The van der Waals surface area contributed by atoms with Crippen molar-refractivity contribution in [3.8, 4) is 5.75 Å². The minimum atomic E-state index is -0.224. The molecular formula is C22H20BrClN2O2S. The molecule has 29 heavy (non-hydrogen) atoms. The fourth-order valence-corrected chi connectivity index (χ4v) is 4.07. The smallest absolute Gasteiger partial charge is 0.272 e. The van der Waals surface area contributed by atoms with Crippen LogP contribution in [0.4, 0.5) is 0 Å². The van der Waals surface area contributed by atoms with E-state index in [0.717, 1.165) is 28.4 Å². The average molecular weight is 492 g/mol. The topological polar surface area (TPSA) is 50.7 Å². The molecule has 1 N–H and O–H groups in total. The van der Waals surface area contributed by atoms with Crippen molar-refractivity contribution >= 4 is 51.0 Å². The van der Waals surface area contributed by atoms with Gasteiger partial charge in [-0.15, -0.1) is 11.3 Å². The van der Waals surface area contributed by atoms with E-state index in [-0.39, 0.29) is 5.91 Å². The van der Waals surface area contributed by atoms with Crippen molar-refractivity contribution in [2.45, 2.75) is 26.4 Å². The van der Waals surface area contributed by atoms with Gasteiger partial charge < -0.3 is 4.74 Å². The van der Waals surface area contributed by atoms with Crippen molar-refractivity contribution < 1.29 is 9.53 Å². The van der Waals surface area contributed by atoms with Crippen LogP contribution in [-0.4, -0.2) is 12.1 Å². The summed E-state index contributed by atoms with van der Waals surface area (Å²) in [5.74, 6) is 0.445. The normalized spacial score (nSPS) is 11.0. The molecule has 0 spiro atoms. The van der Waals surface area contributed by atoms with Crippen molar-refractivity contribution in [2.24, 2.45) is 5.10 Å². The number of hydrogen-bond donors (Lipinski definition) is 1. The highest BCUT2D eigenvalue weighted by molar-refractivity contribution is 9.10. The maximum absolute atomic E-state index is 12.3. The second-order valence-electron chi connectivity index (χ2n) is 6.35. The number of carbonyl (C=O) groups excluding carboxylic acids is 1. The fraction of sp³-hybridized carbons (Fsp3) is 0.182. The molecule has 0 radical (unpaired) electrons. The largest absolute Gasteiger partial charge is 0.488 e. The summed E-state index contributed by atoms with van der Waals surface area (Å²) in [5, 5.41) is 6.65. The van der Waals surface area contributed by atoms with Gasteiger partial charge in [0.05, 0.1) is 11.8 Å². The van der Waals surface area contributed by atoms with E-state index in [1.165, 1.54) is 4.88 Å². The zero-order valence-electron chi connectivity index (χ0n) is 15.8. The van der Waals surface area contributed by atoms with Crippen molar-refractivity contribution in [1.29, 1.82) is 0 Å². The molecule has 0 saturated heterocycles. The molecule has 0 aliphatic rings. The number of thiophene rings is 1. The maximum atomic E-state index is 12.3. The average Bonchev–Trinajstić information content (AvgIpc) is 3.18. The zero-order valence-corrected chi connectivity index (χ0v) is 19.0. The van der Waals surface area contributed by atoms with Gasteiger partial charge in [-0.05, 0) is 48.4 Å². The van der Waals surface area contributed by atoms with E-state index in [4.69, 9.17) is 16.3 Å². The van der Waals surface area contributed by atoms with Gasteiger partial charge in [0.1, 0.15) is 12.4 Å². The minimum absolute atomic E-state index is 0.224. The van der Waals surface area contributed by atoms with E-state index >= 15 is 0 Å². The summed E-state index contributed by atoms with van der Waals surface area (Å²) in [6.07, 6.45) is 3.62. The van der Waals surface area contributed by atoms with Gasteiger partial charge in [-0.3, -0.25) is 4.79 Å². The Kier molecular flexibility index (Phi) is 7.86. The Hall–Kier alpha value is -2.15. The molecule has 7 heteroatoms. The van der Waals surface area contributed by atoms with Gasteiger partial charge in [0, 0.05) is 25.3 Å². The summed E-state index contributed by atoms with van der Waals surface area (Å²) in [6, 6.07) is 15.1. The third kappa shape index (κ3) is 6.42. The van der Waals surface area contributed by atoms with Crippen molar-refractivity contribution in [3.05, 3.63) is 85.0 Å². The van der Waals surface area contributed by atoms with E-state index in [2.05, 4.69) is 33.4 Å². The number of rotatable bonds is 8. The number of carbonyl (C=O) groups is 1. The first-order chi connectivity index (χ1) is 14.0. The Morgan fingerprint density at radius 2 is 2.03 bits per heavy atom. The number of hydrogen-bond acceptors (Lipinski definition) is 4. The first-order valence-electron chi connectivity index (χ1n) is 9.12. The van der Waals surface area contributed by atoms with Gasteiger partial charge in [-0.25, -0.2) is 5.43 Å². The molecule has 3 aromatic rings. The summed E-state index contributed by atoms with van der Waals surface area (Å²) in [4.78, 5) is 13.5. The van der Waals surface area contributed by atoms with Gasteiger partial charge in [0.2, 0.25) is 0 Å². The van der Waals surface area contributed by atoms with Crippen LogP contribution in [-0.2, 0) is 13.0 Å². The SMILES string of the molecule is CCCc1cc(C(=O)N/N=C\c2cc(Br)ccc2OCc2ccc(Cl)cc2)cs1. The number of nitrogens with zero attached hydrogens (tertiary/aromatic N) is 1. The molecule has 0 aliphatic carbocycles. The Morgan fingerprint density at radius 3 is 2.79 bits per heavy atom. The Morgan fingerprint density at radius 1 is 1.24 bits per heavy atom. The lowest BCUT2D eigenvalue weighted by Gasteiger charge is -2.10. The summed E-state index contributed by atoms with van der Waals surface area (Å²) < 4.78 is 6.82. The predicted molar refractivity (Wildman–Crippen MR) is 123 cm³/mol. The first kappa shape index (κ1) is 21.6. The molecule has 150 valence electrons. The first-order valence-corrected chi connectivity index (χ1v) is 11.2. The van der Waals surface area contributed by atoms with Crippen LogP contribution in [0.15, 0.2) is 63.5 Å². The van der Waals surface area contributed by atoms with Gasteiger partial charge in [0.25, 0.3) is 5.91 Å². The van der Waals surface area contributed by atoms with Crippen molar-refractivity contribution in [3.63, 3.8) is 0 Å². The highest BCUT2D eigenvalue weighted by Crippen LogP contribution is 2.23. The number of ether oxygens (including phenoxy) is 1. The molecule has 4 nitrogen and oxygen atoms in total. The van der Waals surface area contributed by atoms with Crippen LogP contribution in [0, 0.1) is 0 Å². The number of nitrogens with one attached hydrogen (secondary N) is 1. The molecule has 0 bridgehead atoms. The Bertz CT molecular complexity index is 1000. The molecule has 0 saturated carbocycles. The number of benzene rings is 2. The molecule has 2 aromatic carbocycles. The van der Waals surface area contributed by atoms with Crippen LogP contribution in [0.3, 0.4) is 0 Å². The van der Waals surface area contributed by atoms with Gasteiger partial charge in [-0.1, -0.05) is 53.0 Å². The third-order valence-electron chi connectivity index (χ3n) is 4.06. The molecule has 0 atom stereocenters. The molecule has 0 fully saturated rings. The molecule has 1 aromatic heterocycles. The molecule has 0 aliphatic heterocycles. The standard InChI is InChI=1S/C22H20BrClN2O2S/c1-2-3-20-11-17(14-29-20)22(27)26-25-12-16-10-18(23)6-9-21(16)28-13-15-4-7-19(24)8-5-15/h4-12,14H,2-3,13H2,1H3,(H,26,27)/b25-12-. The third-order valence-corrected chi connectivity index (χ3v) is 5.80. The number of aryl methyl sites for hydroxylation is 1. The minimum Gasteiger partial charge on any atom is -0.488 e. The second-order valence-corrected chi connectivity index (χ2v) is 8.70. The summed E-state index contributed by atoms with van der Waals surface area (Å²) in [6.45, 7) is 2.52. The van der Waals surface area contributed by atoms with E-state index in [1.54, 1.807) is 17.6 Å². The number of amides is 1. The van der Waals surface area contributed by atoms with Gasteiger partial charge in [-0.2, -0.15) is 5.10 Å². The lowest BCUT2D eigenvalue weighted by molar-refractivity contribution is 0.0955. The van der Waals surface area contributed by atoms with E-state index in [1.807, 2.05) is 53.9 Å². The molecule has 3 rings (SSSR count). The molecular weight excluding hydrogens is 472 g/mol. The Labute approximate surface area is 187 Å². The lowest BCUT2D eigenvalue weighted by Crippen LogP contribution is -2.16. The quantitative estimate of drug-likeness (QED) is 0.290. The zero-order chi connectivity index (χ0) is 20.6. The van der Waals surface area contributed by atoms with Crippen LogP contribution in [0.1, 0.15) is 39.7 Å². The predicted octanol–water partition coefficient (Wildman–Crippen LogP) is 6.46.